The van der Waals surface area contributed by atoms with Gasteiger partial charge in [-0.25, -0.2) is 8.42 Å². The Bertz CT molecular complexity index is 770. The van der Waals surface area contributed by atoms with Gasteiger partial charge in [0.15, 0.2) is 0 Å². The monoisotopic (exact) mass is 406 g/mol. The average Bonchev–Trinajstić information content (AvgIpc) is 2.67. The van der Waals surface area contributed by atoms with Crippen LogP contribution in [-0.4, -0.2) is 49.2 Å². The third kappa shape index (κ3) is 4.77. The largest absolute Gasteiger partial charge is 0.339 e. The lowest BCUT2D eigenvalue weighted by atomic mass is 9.95. The average molecular weight is 407 g/mol. The number of carbonyl (C=O) groups excluding carboxylic acids is 1. The first-order valence-electron chi connectivity index (χ1n) is 10.8. The molecule has 1 atom stereocenters. The Morgan fingerprint density at radius 2 is 1.64 bits per heavy atom. The van der Waals surface area contributed by atoms with E-state index < -0.39 is 10.0 Å². The van der Waals surface area contributed by atoms with E-state index in [1.54, 1.807) is 28.6 Å². The van der Waals surface area contributed by atoms with Crippen LogP contribution in [0.4, 0.5) is 0 Å². The van der Waals surface area contributed by atoms with Crippen molar-refractivity contribution in [3.63, 3.8) is 0 Å². The molecule has 1 heterocycles. The molecule has 0 aromatic heterocycles. The standard InChI is InChI=1S/C22H34N2O3S/c1-18-11-8-9-16-24(18)28(26,27)21-15-10-12-19(17-21)22(25)23(2)20-13-6-4-3-5-7-14-20/h10,12,15,17-18,20H,3-9,11,13-14,16H2,1-2H3. The second-order valence-electron chi connectivity index (χ2n) is 8.40. The molecular weight excluding hydrogens is 372 g/mol. The lowest BCUT2D eigenvalue weighted by molar-refractivity contribution is 0.0706. The van der Waals surface area contributed by atoms with E-state index in [4.69, 9.17) is 0 Å². The number of piperidine rings is 1. The minimum Gasteiger partial charge on any atom is -0.339 e. The first-order chi connectivity index (χ1) is 13.4. The van der Waals surface area contributed by atoms with Crippen LogP contribution in [0.25, 0.3) is 0 Å². The molecule has 1 aliphatic heterocycles. The number of hydrogen-bond acceptors (Lipinski definition) is 3. The molecule has 0 spiro atoms. The normalized spacial score (nSPS) is 23.0. The number of benzene rings is 1. The summed E-state index contributed by atoms with van der Waals surface area (Å²) in [5.41, 5.74) is 0.468. The Labute approximate surface area is 170 Å². The van der Waals surface area contributed by atoms with Crippen molar-refractivity contribution < 1.29 is 13.2 Å². The van der Waals surface area contributed by atoms with Gasteiger partial charge in [-0.15, -0.1) is 0 Å². The Kier molecular flexibility index (Phi) is 7.15. The summed E-state index contributed by atoms with van der Waals surface area (Å²) in [6.07, 6.45) is 11.0. The van der Waals surface area contributed by atoms with E-state index >= 15 is 0 Å². The summed E-state index contributed by atoms with van der Waals surface area (Å²) < 4.78 is 27.9. The van der Waals surface area contributed by atoms with E-state index in [9.17, 15) is 13.2 Å². The molecule has 1 aromatic carbocycles. The Morgan fingerprint density at radius 1 is 1.00 bits per heavy atom. The number of amides is 1. The molecule has 2 aliphatic rings. The fraction of sp³-hybridized carbons (Fsp3) is 0.682. The van der Waals surface area contributed by atoms with Gasteiger partial charge in [0.2, 0.25) is 10.0 Å². The van der Waals surface area contributed by atoms with Gasteiger partial charge in [-0.05, 0) is 50.8 Å². The maximum Gasteiger partial charge on any atom is 0.253 e. The van der Waals surface area contributed by atoms with Gasteiger partial charge in [0.1, 0.15) is 0 Å². The van der Waals surface area contributed by atoms with Crippen LogP contribution in [0.3, 0.4) is 0 Å². The van der Waals surface area contributed by atoms with Crippen LogP contribution in [0.5, 0.6) is 0 Å². The molecule has 1 aliphatic carbocycles. The molecule has 1 amide bonds. The fourth-order valence-corrected chi connectivity index (χ4v) is 6.29. The van der Waals surface area contributed by atoms with Crippen molar-refractivity contribution in [3.05, 3.63) is 29.8 Å². The molecule has 1 saturated carbocycles. The summed E-state index contributed by atoms with van der Waals surface area (Å²) in [4.78, 5) is 15.1. The predicted molar refractivity (Wildman–Crippen MR) is 112 cm³/mol. The van der Waals surface area contributed by atoms with Crippen LogP contribution in [0.2, 0.25) is 0 Å². The van der Waals surface area contributed by atoms with Crippen LogP contribution in [-0.2, 0) is 10.0 Å². The maximum atomic E-state index is 13.1. The molecule has 28 heavy (non-hydrogen) atoms. The number of sulfonamides is 1. The molecule has 1 saturated heterocycles. The van der Waals surface area contributed by atoms with Crippen molar-refractivity contribution in [2.24, 2.45) is 0 Å². The van der Waals surface area contributed by atoms with Crippen molar-refractivity contribution in [3.8, 4) is 0 Å². The highest BCUT2D eigenvalue weighted by atomic mass is 32.2. The van der Waals surface area contributed by atoms with E-state index in [-0.39, 0.29) is 22.9 Å². The maximum absolute atomic E-state index is 13.1. The zero-order valence-corrected chi connectivity index (χ0v) is 18.1. The van der Waals surface area contributed by atoms with E-state index in [2.05, 4.69) is 0 Å². The number of rotatable bonds is 4. The fourth-order valence-electron chi connectivity index (χ4n) is 4.55. The van der Waals surface area contributed by atoms with Gasteiger partial charge in [0.25, 0.3) is 5.91 Å². The van der Waals surface area contributed by atoms with Gasteiger partial charge in [-0.1, -0.05) is 44.6 Å². The summed E-state index contributed by atoms with van der Waals surface area (Å²) in [6, 6.07) is 6.87. The molecule has 1 aromatic rings. The van der Waals surface area contributed by atoms with Crippen molar-refractivity contribution >= 4 is 15.9 Å². The summed E-state index contributed by atoms with van der Waals surface area (Å²) in [5, 5.41) is 0. The quantitative estimate of drug-likeness (QED) is 0.743. The molecule has 0 N–H and O–H groups in total. The molecule has 2 fully saturated rings. The van der Waals surface area contributed by atoms with E-state index in [0.717, 1.165) is 44.9 Å². The summed E-state index contributed by atoms with van der Waals surface area (Å²) in [7, 11) is -1.70. The molecule has 156 valence electrons. The topological polar surface area (TPSA) is 57.7 Å². The molecule has 5 nitrogen and oxygen atoms in total. The van der Waals surface area contributed by atoms with Crippen molar-refractivity contribution in [2.75, 3.05) is 13.6 Å². The summed E-state index contributed by atoms with van der Waals surface area (Å²) in [6.45, 7) is 2.53. The van der Waals surface area contributed by atoms with Gasteiger partial charge in [0.05, 0.1) is 4.90 Å². The second-order valence-corrected chi connectivity index (χ2v) is 10.3. The van der Waals surface area contributed by atoms with E-state index in [1.807, 2.05) is 18.9 Å². The van der Waals surface area contributed by atoms with Crippen LogP contribution >= 0.6 is 0 Å². The third-order valence-electron chi connectivity index (χ3n) is 6.37. The molecule has 0 radical (unpaired) electrons. The first kappa shape index (κ1) is 21.3. The molecule has 6 heteroatoms. The smallest absolute Gasteiger partial charge is 0.253 e. The molecule has 0 bridgehead atoms. The summed E-state index contributed by atoms with van der Waals surface area (Å²) >= 11 is 0. The number of hydrogen-bond donors (Lipinski definition) is 0. The van der Waals surface area contributed by atoms with Crippen molar-refractivity contribution in [2.45, 2.75) is 88.1 Å². The Hall–Kier alpha value is -1.40. The predicted octanol–water partition coefficient (Wildman–Crippen LogP) is 4.43. The number of nitrogens with zero attached hydrogens (tertiary/aromatic N) is 2. The van der Waals surface area contributed by atoms with Gasteiger partial charge in [-0.3, -0.25) is 4.79 Å². The molecule has 1 unspecified atom stereocenters. The SMILES string of the molecule is CC1CCCCN1S(=O)(=O)c1cccc(C(=O)N(C)C2CCCCCCC2)c1. The molecule has 3 rings (SSSR count). The van der Waals surface area contributed by atoms with Crippen molar-refractivity contribution in [1.29, 1.82) is 0 Å². The minimum absolute atomic E-state index is 0.00991. The van der Waals surface area contributed by atoms with Gasteiger partial charge < -0.3 is 4.90 Å². The van der Waals surface area contributed by atoms with Gasteiger partial charge in [0, 0.05) is 31.2 Å². The first-order valence-corrected chi connectivity index (χ1v) is 12.2. The van der Waals surface area contributed by atoms with E-state index in [1.165, 1.54) is 19.3 Å². The zero-order valence-electron chi connectivity index (χ0n) is 17.3. The van der Waals surface area contributed by atoms with Crippen LogP contribution < -0.4 is 0 Å². The Balaban J connectivity index is 1.79. The van der Waals surface area contributed by atoms with Gasteiger partial charge in [-0.2, -0.15) is 4.31 Å². The summed E-state index contributed by atoms with van der Waals surface area (Å²) in [5.74, 6) is -0.0747. The lowest BCUT2D eigenvalue weighted by Gasteiger charge is -2.32. The molecular formula is C22H34N2O3S. The zero-order chi connectivity index (χ0) is 20.1. The highest BCUT2D eigenvalue weighted by Gasteiger charge is 2.31. The third-order valence-corrected chi connectivity index (χ3v) is 8.38. The number of carbonyl (C=O) groups is 1. The lowest BCUT2D eigenvalue weighted by Crippen LogP contribution is -2.42. The minimum atomic E-state index is -3.57. The highest BCUT2D eigenvalue weighted by Crippen LogP contribution is 2.27. The van der Waals surface area contributed by atoms with Crippen molar-refractivity contribution in [1.82, 2.24) is 9.21 Å². The van der Waals surface area contributed by atoms with E-state index in [0.29, 0.717) is 12.1 Å². The Morgan fingerprint density at radius 3 is 2.32 bits per heavy atom. The van der Waals surface area contributed by atoms with Crippen LogP contribution in [0.1, 0.15) is 81.5 Å². The van der Waals surface area contributed by atoms with Gasteiger partial charge >= 0.3 is 0 Å². The second kappa shape index (κ2) is 9.40. The highest BCUT2D eigenvalue weighted by molar-refractivity contribution is 7.89. The van der Waals surface area contributed by atoms with Crippen LogP contribution in [0, 0.1) is 0 Å². The van der Waals surface area contributed by atoms with Crippen LogP contribution in [0.15, 0.2) is 29.2 Å².